The second-order valence-corrected chi connectivity index (χ2v) is 4.45. The van der Waals surface area contributed by atoms with Gasteiger partial charge in [0.2, 0.25) is 0 Å². The molecule has 2 aromatic carbocycles. The molecule has 20 heavy (non-hydrogen) atoms. The van der Waals surface area contributed by atoms with Gasteiger partial charge in [0.05, 0.1) is 6.07 Å². The monoisotopic (exact) mass is 268 g/mol. The molecule has 5 heteroatoms. The summed E-state index contributed by atoms with van der Waals surface area (Å²) < 4.78 is 13.3. The molecule has 0 saturated heterocycles. The Morgan fingerprint density at radius 1 is 1.20 bits per heavy atom. The molecule has 3 rings (SSSR count). The number of phenolic OH excluding ortho intramolecular Hbond substituents is 1. The zero-order valence-electron chi connectivity index (χ0n) is 10.2. The van der Waals surface area contributed by atoms with Crippen molar-refractivity contribution in [3.8, 4) is 11.8 Å². The number of halogens is 1. The van der Waals surface area contributed by atoms with Crippen LogP contribution in [0.5, 0.6) is 5.75 Å². The van der Waals surface area contributed by atoms with Crippen LogP contribution in [-0.4, -0.2) is 11.0 Å². The lowest BCUT2D eigenvalue weighted by molar-refractivity contribution is 0.0994. The Morgan fingerprint density at radius 3 is 2.55 bits per heavy atom. The van der Waals surface area contributed by atoms with E-state index in [4.69, 9.17) is 0 Å². The standard InChI is InChI=1S/C15H9FN2O2/c16-9-1-6-12-13(7-9)14(8-17)18(15(12)20)10-2-4-11(19)5-3-10/h1-7,14,19H. The highest BCUT2D eigenvalue weighted by Gasteiger charge is 2.38. The zero-order chi connectivity index (χ0) is 14.3. The van der Waals surface area contributed by atoms with Crippen molar-refractivity contribution in [2.45, 2.75) is 6.04 Å². The molecule has 0 spiro atoms. The number of anilines is 1. The molecule has 0 fully saturated rings. The molecule has 98 valence electrons. The highest BCUT2D eigenvalue weighted by Crippen LogP contribution is 2.37. The molecule has 4 nitrogen and oxygen atoms in total. The Bertz CT molecular complexity index is 735. The Balaban J connectivity index is 2.13. The van der Waals surface area contributed by atoms with Crippen LogP contribution in [0.15, 0.2) is 42.5 Å². The minimum atomic E-state index is -0.863. The number of aromatic hydroxyl groups is 1. The van der Waals surface area contributed by atoms with E-state index in [1.54, 1.807) is 12.1 Å². The van der Waals surface area contributed by atoms with E-state index in [1.165, 1.54) is 35.2 Å². The highest BCUT2D eigenvalue weighted by molar-refractivity contribution is 6.11. The summed E-state index contributed by atoms with van der Waals surface area (Å²) in [5.41, 5.74) is 1.17. The fraction of sp³-hybridized carbons (Fsp3) is 0.0667. The number of benzene rings is 2. The zero-order valence-corrected chi connectivity index (χ0v) is 10.2. The van der Waals surface area contributed by atoms with Crippen LogP contribution in [0, 0.1) is 17.1 Å². The maximum absolute atomic E-state index is 13.3. The van der Waals surface area contributed by atoms with Crippen LogP contribution in [-0.2, 0) is 0 Å². The molecule has 1 atom stereocenters. The van der Waals surface area contributed by atoms with Gasteiger partial charge in [-0.15, -0.1) is 0 Å². The average Bonchev–Trinajstić information content (AvgIpc) is 2.72. The van der Waals surface area contributed by atoms with Gasteiger partial charge in [0.15, 0.2) is 6.04 Å². The number of carbonyl (C=O) groups is 1. The first-order valence-corrected chi connectivity index (χ1v) is 5.93. The first-order valence-electron chi connectivity index (χ1n) is 5.93. The first kappa shape index (κ1) is 12.2. The van der Waals surface area contributed by atoms with Gasteiger partial charge in [0.1, 0.15) is 11.6 Å². The van der Waals surface area contributed by atoms with Gasteiger partial charge in [0, 0.05) is 16.8 Å². The van der Waals surface area contributed by atoms with Crippen molar-refractivity contribution >= 4 is 11.6 Å². The molecular weight excluding hydrogens is 259 g/mol. The fourth-order valence-corrected chi connectivity index (χ4v) is 2.35. The van der Waals surface area contributed by atoms with Crippen molar-refractivity contribution in [1.82, 2.24) is 0 Å². The summed E-state index contributed by atoms with van der Waals surface area (Å²) in [5, 5.41) is 18.6. The van der Waals surface area contributed by atoms with Gasteiger partial charge < -0.3 is 5.11 Å². The average molecular weight is 268 g/mol. The van der Waals surface area contributed by atoms with E-state index in [1.807, 2.05) is 6.07 Å². The first-order chi connectivity index (χ1) is 9.61. The molecule has 0 saturated carbocycles. The number of phenols is 1. The van der Waals surface area contributed by atoms with Gasteiger partial charge in [-0.3, -0.25) is 9.69 Å². The molecule has 1 unspecified atom stereocenters. The van der Waals surface area contributed by atoms with Crippen LogP contribution >= 0.6 is 0 Å². The fourth-order valence-electron chi connectivity index (χ4n) is 2.35. The van der Waals surface area contributed by atoms with E-state index in [9.17, 15) is 19.6 Å². The number of hydrogen-bond donors (Lipinski definition) is 1. The van der Waals surface area contributed by atoms with Crippen molar-refractivity contribution in [1.29, 1.82) is 5.26 Å². The number of amides is 1. The minimum absolute atomic E-state index is 0.0671. The number of fused-ring (bicyclic) bond motifs is 1. The summed E-state index contributed by atoms with van der Waals surface area (Å²) in [6, 6.07) is 10.9. The molecule has 1 heterocycles. The Labute approximate surface area is 114 Å². The van der Waals surface area contributed by atoms with Gasteiger partial charge in [-0.2, -0.15) is 5.26 Å². The third-order valence-electron chi connectivity index (χ3n) is 3.27. The highest BCUT2D eigenvalue weighted by atomic mass is 19.1. The Morgan fingerprint density at radius 2 is 1.90 bits per heavy atom. The topological polar surface area (TPSA) is 64.3 Å². The minimum Gasteiger partial charge on any atom is -0.508 e. The summed E-state index contributed by atoms with van der Waals surface area (Å²) in [6.45, 7) is 0. The van der Waals surface area contributed by atoms with Crippen LogP contribution in [0.3, 0.4) is 0 Å². The van der Waals surface area contributed by atoms with Gasteiger partial charge in [0.25, 0.3) is 5.91 Å². The molecule has 2 aromatic rings. The van der Waals surface area contributed by atoms with E-state index >= 15 is 0 Å². The summed E-state index contributed by atoms with van der Waals surface area (Å²) >= 11 is 0. The summed E-state index contributed by atoms with van der Waals surface area (Å²) in [7, 11) is 0. The van der Waals surface area contributed by atoms with Crippen molar-refractivity contribution in [3.05, 3.63) is 59.4 Å². The van der Waals surface area contributed by atoms with Gasteiger partial charge in [-0.05, 0) is 42.5 Å². The summed E-state index contributed by atoms with van der Waals surface area (Å²) in [6.07, 6.45) is 0. The van der Waals surface area contributed by atoms with Crippen LogP contribution in [0.1, 0.15) is 22.0 Å². The van der Waals surface area contributed by atoms with Crippen LogP contribution in [0.4, 0.5) is 10.1 Å². The molecule has 1 aliphatic rings. The molecule has 1 N–H and O–H groups in total. The number of nitrogens with zero attached hydrogens (tertiary/aromatic N) is 2. The molecule has 1 aliphatic heterocycles. The second kappa shape index (κ2) is 4.35. The normalized spacial score (nSPS) is 16.9. The number of nitriles is 1. The van der Waals surface area contributed by atoms with Crippen molar-refractivity contribution in [2.75, 3.05) is 4.90 Å². The molecule has 0 bridgehead atoms. The Kier molecular flexibility index (Phi) is 2.65. The quantitative estimate of drug-likeness (QED) is 0.864. The predicted molar refractivity (Wildman–Crippen MR) is 69.7 cm³/mol. The molecule has 0 radical (unpaired) electrons. The van der Waals surface area contributed by atoms with Crippen molar-refractivity contribution in [2.24, 2.45) is 0 Å². The lowest BCUT2D eigenvalue weighted by Crippen LogP contribution is -2.26. The SMILES string of the molecule is N#CC1c2cc(F)ccc2C(=O)N1c1ccc(O)cc1. The molecule has 0 aliphatic carbocycles. The van der Waals surface area contributed by atoms with Crippen LogP contribution in [0.25, 0.3) is 0 Å². The van der Waals surface area contributed by atoms with Gasteiger partial charge in [-0.25, -0.2) is 4.39 Å². The van der Waals surface area contributed by atoms with E-state index in [0.29, 0.717) is 16.8 Å². The summed E-state index contributed by atoms with van der Waals surface area (Å²) in [5.74, 6) is -0.765. The molecule has 0 aromatic heterocycles. The molecule has 1 amide bonds. The third-order valence-corrected chi connectivity index (χ3v) is 3.27. The summed E-state index contributed by atoms with van der Waals surface area (Å²) in [4.78, 5) is 13.6. The van der Waals surface area contributed by atoms with Gasteiger partial charge in [-0.1, -0.05) is 0 Å². The van der Waals surface area contributed by atoms with Crippen molar-refractivity contribution < 1.29 is 14.3 Å². The predicted octanol–water partition coefficient (Wildman–Crippen LogP) is 2.76. The molecular formula is C15H9FN2O2. The van der Waals surface area contributed by atoms with E-state index < -0.39 is 11.9 Å². The number of carbonyl (C=O) groups excluding carboxylic acids is 1. The Hall–Kier alpha value is -2.87. The van der Waals surface area contributed by atoms with Crippen molar-refractivity contribution in [3.63, 3.8) is 0 Å². The van der Waals surface area contributed by atoms with E-state index in [0.717, 1.165) is 0 Å². The van der Waals surface area contributed by atoms with Crippen LogP contribution in [0.2, 0.25) is 0 Å². The van der Waals surface area contributed by atoms with E-state index in [-0.39, 0.29) is 11.7 Å². The maximum Gasteiger partial charge on any atom is 0.260 e. The number of rotatable bonds is 1. The smallest absolute Gasteiger partial charge is 0.260 e. The second-order valence-electron chi connectivity index (χ2n) is 4.45. The lowest BCUT2D eigenvalue weighted by Gasteiger charge is -2.20. The van der Waals surface area contributed by atoms with Crippen LogP contribution < -0.4 is 4.90 Å². The maximum atomic E-state index is 13.3. The number of hydrogen-bond acceptors (Lipinski definition) is 3. The van der Waals surface area contributed by atoms with Gasteiger partial charge >= 0.3 is 0 Å². The largest absolute Gasteiger partial charge is 0.508 e. The third kappa shape index (κ3) is 1.70. The lowest BCUT2D eigenvalue weighted by atomic mass is 10.1. The van der Waals surface area contributed by atoms with E-state index in [2.05, 4.69) is 0 Å².